The maximum absolute atomic E-state index is 13.1. The lowest BCUT2D eigenvalue weighted by Gasteiger charge is -2.34. The number of hydrogen-bond acceptors (Lipinski definition) is 3. The molecule has 1 saturated carbocycles. The van der Waals surface area contributed by atoms with E-state index in [1.165, 1.54) is 16.4 Å². The predicted molar refractivity (Wildman–Crippen MR) is 102 cm³/mol. The van der Waals surface area contributed by atoms with Crippen LogP contribution in [0.5, 0.6) is 0 Å². The van der Waals surface area contributed by atoms with Crippen LogP contribution >= 0.6 is 0 Å². The van der Waals surface area contributed by atoms with Crippen LogP contribution in [0.1, 0.15) is 46.0 Å². The van der Waals surface area contributed by atoms with Crippen LogP contribution in [0, 0.1) is 17.7 Å². The standard InChI is InChI=1S/C20H29FN2O3S/c1-15(2)9-14-23(18-5-6-18)20(24)16-10-12-22(13-11-16)27(25,26)19-7-3-17(21)4-8-19/h3-4,7-8,15-16,18H,5-6,9-14H2,1-2H3. The minimum atomic E-state index is -3.63. The van der Waals surface area contributed by atoms with Gasteiger partial charge in [-0.25, -0.2) is 12.8 Å². The van der Waals surface area contributed by atoms with Gasteiger partial charge in [-0.3, -0.25) is 4.79 Å². The van der Waals surface area contributed by atoms with Crippen LogP contribution in [0.15, 0.2) is 29.2 Å². The van der Waals surface area contributed by atoms with E-state index in [9.17, 15) is 17.6 Å². The summed E-state index contributed by atoms with van der Waals surface area (Å²) >= 11 is 0. The highest BCUT2D eigenvalue weighted by molar-refractivity contribution is 7.89. The average molecular weight is 397 g/mol. The summed E-state index contributed by atoms with van der Waals surface area (Å²) in [5, 5.41) is 0. The third-order valence-corrected chi connectivity index (χ3v) is 7.39. The Kier molecular flexibility index (Phi) is 6.21. The normalized spacial score (nSPS) is 19.4. The summed E-state index contributed by atoms with van der Waals surface area (Å²) in [7, 11) is -3.63. The molecule has 1 aliphatic carbocycles. The Morgan fingerprint density at radius 1 is 1.15 bits per heavy atom. The van der Waals surface area contributed by atoms with Crippen molar-refractivity contribution in [3.05, 3.63) is 30.1 Å². The highest BCUT2D eigenvalue weighted by atomic mass is 32.2. The number of piperidine rings is 1. The maximum Gasteiger partial charge on any atom is 0.243 e. The van der Waals surface area contributed by atoms with Crippen molar-refractivity contribution in [1.29, 1.82) is 0 Å². The fraction of sp³-hybridized carbons (Fsp3) is 0.650. The number of benzene rings is 1. The monoisotopic (exact) mass is 396 g/mol. The molecule has 150 valence electrons. The van der Waals surface area contributed by atoms with Crippen LogP contribution < -0.4 is 0 Å². The summed E-state index contributed by atoms with van der Waals surface area (Å²) in [6, 6.07) is 5.29. The molecule has 2 fully saturated rings. The van der Waals surface area contributed by atoms with Crippen molar-refractivity contribution in [3.63, 3.8) is 0 Å². The van der Waals surface area contributed by atoms with Gasteiger partial charge in [-0.1, -0.05) is 13.8 Å². The molecule has 2 aliphatic rings. The molecule has 27 heavy (non-hydrogen) atoms. The molecule has 1 aromatic carbocycles. The second-order valence-corrected chi connectivity index (χ2v) is 10.0. The van der Waals surface area contributed by atoms with Gasteiger partial charge in [0.2, 0.25) is 15.9 Å². The second-order valence-electron chi connectivity index (χ2n) is 8.08. The molecular formula is C20H29FN2O3S. The largest absolute Gasteiger partial charge is 0.339 e. The summed E-state index contributed by atoms with van der Waals surface area (Å²) in [5.74, 6) is 0.191. The van der Waals surface area contributed by atoms with E-state index in [1.54, 1.807) is 0 Å². The van der Waals surface area contributed by atoms with E-state index >= 15 is 0 Å². The van der Waals surface area contributed by atoms with Gasteiger partial charge in [0.05, 0.1) is 4.90 Å². The minimum absolute atomic E-state index is 0.0996. The number of sulfonamides is 1. The lowest BCUT2D eigenvalue weighted by molar-refractivity contribution is -0.137. The number of amides is 1. The fourth-order valence-electron chi connectivity index (χ4n) is 3.59. The first-order valence-electron chi connectivity index (χ1n) is 9.85. The summed E-state index contributed by atoms with van der Waals surface area (Å²) < 4.78 is 39.9. The molecular weight excluding hydrogens is 367 g/mol. The van der Waals surface area contributed by atoms with E-state index < -0.39 is 15.8 Å². The van der Waals surface area contributed by atoms with Gasteiger partial charge in [0, 0.05) is 31.6 Å². The highest BCUT2D eigenvalue weighted by Crippen LogP contribution is 2.32. The van der Waals surface area contributed by atoms with Crippen LogP contribution in [-0.2, 0) is 14.8 Å². The van der Waals surface area contributed by atoms with Gasteiger partial charge in [-0.2, -0.15) is 4.31 Å². The summed E-state index contributed by atoms with van der Waals surface area (Å²) in [6.45, 7) is 5.79. The van der Waals surface area contributed by atoms with E-state index in [-0.39, 0.29) is 16.7 Å². The molecule has 1 amide bonds. The van der Waals surface area contributed by atoms with E-state index in [4.69, 9.17) is 0 Å². The molecule has 1 saturated heterocycles. The minimum Gasteiger partial charge on any atom is -0.339 e. The Hall–Kier alpha value is -1.47. The van der Waals surface area contributed by atoms with Crippen LogP contribution in [-0.4, -0.2) is 49.2 Å². The summed E-state index contributed by atoms with van der Waals surface area (Å²) in [5.41, 5.74) is 0. The Morgan fingerprint density at radius 3 is 2.26 bits per heavy atom. The van der Waals surface area contributed by atoms with Gasteiger partial charge in [0.15, 0.2) is 0 Å². The Morgan fingerprint density at radius 2 is 1.74 bits per heavy atom. The number of halogens is 1. The van der Waals surface area contributed by atoms with Crippen LogP contribution in [0.4, 0.5) is 4.39 Å². The molecule has 7 heteroatoms. The number of rotatable bonds is 7. The lowest BCUT2D eigenvalue weighted by Crippen LogP contribution is -2.45. The van der Waals surface area contributed by atoms with Gasteiger partial charge in [-0.15, -0.1) is 0 Å². The molecule has 0 N–H and O–H groups in total. The molecule has 0 atom stereocenters. The van der Waals surface area contributed by atoms with Crippen LogP contribution in [0.2, 0.25) is 0 Å². The number of nitrogens with zero attached hydrogens (tertiary/aromatic N) is 2. The Bertz CT molecular complexity index is 752. The van der Waals surface area contributed by atoms with Gasteiger partial charge >= 0.3 is 0 Å². The van der Waals surface area contributed by atoms with Crippen molar-refractivity contribution < 1.29 is 17.6 Å². The van der Waals surface area contributed by atoms with Gasteiger partial charge in [0.25, 0.3) is 0 Å². The van der Waals surface area contributed by atoms with Crippen LogP contribution in [0.25, 0.3) is 0 Å². The van der Waals surface area contributed by atoms with Crippen molar-refractivity contribution in [2.24, 2.45) is 11.8 Å². The van der Waals surface area contributed by atoms with E-state index in [2.05, 4.69) is 13.8 Å². The lowest BCUT2D eigenvalue weighted by atomic mass is 9.96. The molecule has 0 spiro atoms. The van der Waals surface area contributed by atoms with E-state index in [1.807, 2.05) is 4.90 Å². The molecule has 1 heterocycles. The molecule has 0 radical (unpaired) electrons. The maximum atomic E-state index is 13.1. The van der Waals surface area contributed by atoms with Crippen molar-refractivity contribution in [3.8, 4) is 0 Å². The first-order chi connectivity index (χ1) is 12.8. The Labute approximate surface area is 161 Å². The topological polar surface area (TPSA) is 57.7 Å². The smallest absolute Gasteiger partial charge is 0.243 e. The van der Waals surface area contributed by atoms with Gasteiger partial charge in [0.1, 0.15) is 5.82 Å². The zero-order valence-corrected chi connectivity index (χ0v) is 16.9. The van der Waals surface area contributed by atoms with Crippen molar-refractivity contribution in [2.45, 2.75) is 56.9 Å². The number of carbonyl (C=O) groups excluding carboxylic acids is 1. The van der Waals surface area contributed by atoms with Gasteiger partial charge < -0.3 is 4.90 Å². The molecule has 1 aliphatic heterocycles. The third-order valence-electron chi connectivity index (χ3n) is 5.47. The summed E-state index contributed by atoms with van der Waals surface area (Å²) in [4.78, 5) is 15.1. The fourth-order valence-corrected chi connectivity index (χ4v) is 5.06. The zero-order chi connectivity index (χ0) is 19.6. The molecule has 0 unspecified atom stereocenters. The predicted octanol–water partition coefficient (Wildman–Crippen LogP) is 3.26. The number of hydrogen-bond donors (Lipinski definition) is 0. The van der Waals surface area contributed by atoms with Crippen molar-refractivity contribution >= 4 is 15.9 Å². The van der Waals surface area contributed by atoms with Gasteiger partial charge in [-0.05, 0) is 62.3 Å². The molecule has 3 rings (SSSR count). The molecule has 0 bridgehead atoms. The molecule has 1 aromatic rings. The summed E-state index contributed by atoms with van der Waals surface area (Å²) in [6.07, 6.45) is 4.26. The first kappa shape index (κ1) is 20.3. The highest BCUT2D eigenvalue weighted by Gasteiger charge is 2.38. The quantitative estimate of drug-likeness (QED) is 0.711. The number of carbonyl (C=O) groups is 1. The average Bonchev–Trinajstić information content (AvgIpc) is 3.47. The zero-order valence-electron chi connectivity index (χ0n) is 16.1. The SMILES string of the molecule is CC(C)CCN(C(=O)C1CCN(S(=O)(=O)c2ccc(F)cc2)CC1)C1CC1. The Balaban J connectivity index is 1.60. The molecule has 5 nitrogen and oxygen atoms in total. The second kappa shape index (κ2) is 8.27. The van der Waals surface area contributed by atoms with Crippen molar-refractivity contribution in [1.82, 2.24) is 9.21 Å². The van der Waals surface area contributed by atoms with E-state index in [0.717, 1.165) is 37.9 Å². The first-order valence-corrected chi connectivity index (χ1v) is 11.3. The van der Waals surface area contributed by atoms with Crippen LogP contribution in [0.3, 0.4) is 0 Å². The third kappa shape index (κ3) is 4.88. The van der Waals surface area contributed by atoms with E-state index in [0.29, 0.717) is 37.9 Å². The molecule has 0 aromatic heterocycles. The van der Waals surface area contributed by atoms with Crippen molar-refractivity contribution in [2.75, 3.05) is 19.6 Å².